The highest BCUT2D eigenvalue weighted by Gasteiger charge is 2.58. The van der Waals surface area contributed by atoms with Gasteiger partial charge in [0, 0.05) is 37.5 Å². The van der Waals surface area contributed by atoms with Gasteiger partial charge in [-0.1, -0.05) is 65.7 Å². The summed E-state index contributed by atoms with van der Waals surface area (Å²) in [6, 6.07) is 18.2. The lowest BCUT2D eigenvalue weighted by molar-refractivity contribution is -0.141. The summed E-state index contributed by atoms with van der Waals surface area (Å²) in [6.07, 6.45) is 0.466. The second-order valence-corrected chi connectivity index (χ2v) is 9.84. The van der Waals surface area contributed by atoms with Crippen molar-refractivity contribution in [1.29, 1.82) is 0 Å². The predicted octanol–water partition coefficient (Wildman–Crippen LogP) is 4.71. The van der Waals surface area contributed by atoms with Gasteiger partial charge in [-0.25, -0.2) is 0 Å². The lowest BCUT2D eigenvalue weighted by Crippen LogP contribution is -2.61. The molecule has 8 heteroatoms. The van der Waals surface area contributed by atoms with Crippen LogP contribution in [0.1, 0.15) is 22.3 Å². The Morgan fingerprint density at radius 2 is 1.69 bits per heavy atom. The topological polar surface area (TPSA) is 61.9 Å². The van der Waals surface area contributed by atoms with Crippen molar-refractivity contribution in [1.82, 2.24) is 9.80 Å². The molecule has 1 N–H and O–H groups in total. The maximum atomic E-state index is 14.2. The summed E-state index contributed by atoms with van der Waals surface area (Å²) in [5.41, 5.74) is 2.61. The molecule has 0 radical (unpaired) electrons. The number of hydrogen-bond donors (Lipinski definition) is 1. The van der Waals surface area contributed by atoms with Crippen LogP contribution in [0.3, 0.4) is 0 Å². The number of rotatable bonds is 4. The molecule has 0 bridgehead atoms. The Bertz CT molecular complexity index is 1340. The maximum Gasteiger partial charge on any atom is 0.254 e. The molecule has 0 aliphatic carbocycles. The van der Waals surface area contributed by atoms with Crippen molar-refractivity contribution in [3.8, 4) is 5.75 Å². The molecule has 2 aliphatic heterocycles. The van der Waals surface area contributed by atoms with Crippen LogP contribution in [-0.4, -0.2) is 48.9 Å². The van der Waals surface area contributed by atoms with E-state index < -0.39 is 11.6 Å². The van der Waals surface area contributed by atoms with Gasteiger partial charge in [0.1, 0.15) is 5.75 Å². The van der Waals surface area contributed by atoms with E-state index in [4.69, 9.17) is 27.9 Å². The monoisotopic (exact) mass is 509 g/mol. The highest BCUT2D eigenvalue weighted by molar-refractivity contribution is 6.42. The van der Waals surface area contributed by atoms with Crippen LogP contribution in [0.2, 0.25) is 10.0 Å². The molecule has 2 heterocycles. The lowest BCUT2D eigenvalue weighted by Gasteiger charge is -2.47. The van der Waals surface area contributed by atoms with Crippen molar-refractivity contribution >= 4 is 40.7 Å². The van der Waals surface area contributed by atoms with Gasteiger partial charge in [-0.15, -0.1) is 0 Å². The number of benzene rings is 3. The van der Waals surface area contributed by atoms with E-state index in [9.17, 15) is 9.59 Å². The van der Waals surface area contributed by atoms with Crippen molar-refractivity contribution < 1.29 is 14.3 Å². The molecule has 2 aliphatic rings. The minimum atomic E-state index is -1.37. The molecule has 0 spiro atoms. The van der Waals surface area contributed by atoms with E-state index in [1.54, 1.807) is 38.2 Å². The first-order valence-corrected chi connectivity index (χ1v) is 12.0. The van der Waals surface area contributed by atoms with E-state index in [1.165, 1.54) is 0 Å². The van der Waals surface area contributed by atoms with Gasteiger partial charge in [0.05, 0.1) is 23.2 Å². The number of halogens is 2. The van der Waals surface area contributed by atoms with E-state index >= 15 is 0 Å². The first-order valence-electron chi connectivity index (χ1n) is 11.3. The van der Waals surface area contributed by atoms with Crippen LogP contribution < -0.4 is 10.1 Å². The summed E-state index contributed by atoms with van der Waals surface area (Å²) >= 11 is 12.8. The summed E-state index contributed by atoms with van der Waals surface area (Å²) in [5, 5.41) is 3.68. The molecule has 35 heavy (non-hydrogen) atoms. The van der Waals surface area contributed by atoms with Crippen LogP contribution in [0.25, 0.3) is 0 Å². The number of nitrogens with one attached hydrogen (secondary N) is 1. The van der Waals surface area contributed by atoms with Crippen LogP contribution in [0.5, 0.6) is 5.75 Å². The quantitative estimate of drug-likeness (QED) is 0.552. The fourth-order valence-electron chi connectivity index (χ4n) is 5.33. The molecule has 180 valence electrons. The molecule has 3 aromatic rings. The molecule has 2 amide bonds. The number of likely N-dealkylation sites (N-methyl/N-ethyl adjacent to an activating group) is 1. The van der Waals surface area contributed by atoms with Gasteiger partial charge >= 0.3 is 0 Å². The highest BCUT2D eigenvalue weighted by Crippen LogP contribution is 2.52. The number of ether oxygens (including phenoxy) is 1. The number of hydrogen-bond acceptors (Lipinski definition) is 4. The molecule has 3 aromatic carbocycles. The highest BCUT2D eigenvalue weighted by atomic mass is 35.5. The van der Waals surface area contributed by atoms with Crippen LogP contribution in [0, 0.1) is 0 Å². The summed E-state index contributed by atoms with van der Waals surface area (Å²) in [4.78, 5) is 31.4. The van der Waals surface area contributed by atoms with Gasteiger partial charge in [0.15, 0.2) is 5.54 Å². The van der Waals surface area contributed by atoms with Gasteiger partial charge in [0.25, 0.3) is 5.91 Å². The largest absolute Gasteiger partial charge is 0.496 e. The second kappa shape index (κ2) is 8.86. The summed E-state index contributed by atoms with van der Waals surface area (Å²) in [6.45, 7) is 0.381. The minimum Gasteiger partial charge on any atom is -0.496 e. The number of methoxy groups -OCH3 is 1. The Balaban J connectivity index is 1.85. The van der Waals surface area contributed by atoms with Crippen molar-refractivity contribution in [3.63, 3.8) is 0 Å². The fourth-order valence-corrected chi connectivity index (χ4v) is 5.66. The number of amides is 2. The fraction of sp³-hybridized carbons (Fsp3) is 0.259. The second-order valence-electron chi connectivity index (χ2n) is 9.03. The van der Waals surface area contributed by atoms with Crippen molar-refractivity contribution in [2.75, 3.05) is 26.5 Å². The van der Waals surface area contributed by atoms with Crippen LogP contribution in [0.15, 0.2) is 60.7 Å². The Morgan fingerprint density at radius 1 is 1.03 bits per heavy atom. The van der Waals surface area contributed by atoms with E-state index in [1.807, 2.05) is 53.4 Å². The number of fused-ring (bicyclic) bond motifs is 2. The Morgan fingerprint density at radius 3 is 2.40 bits per heavy atom. The molecule has 1 unspecified atom stereocenters. The maximum absolute atomic E-state index is 14.2. The van der Waals surface area contributed by atoms with E-state index in [-0.39, 0.29) is 11.8 Å². The summed E-state index contributed by atoms with van der Waals surface area (Å²) < 4.78 is 5.74. The Labute approximate surface area is 214 Å². The zero-order chi connectivity index (χ0) is 24.9. The third kappa shape index (κ3) is 3.59. The molecule has 0 aromatic heterocycles. The van der Waals surface area contributed by atoms with Gasteiger partial charge in [-0.05, 0) is 35.7 Å². The van der Waals surface area contributed by atoms with Gasteiger partial charge < -0.3 is 15.0 Å². The number of carbonyl (C=O) groups is 2. The number of carbonyl (C=O) groups excluding carboxylic acids is 2. The average molecular weight is 510 g/mol. The van der Waals surface area contributed by atoms with E-state index in [0.717, 1.165) is 11.1 Å². The molecule has 5 rings (SSSR count). The first-order chi connectivity index (χ1) is 16.8. The van der Waals surface area contributed by atoms with E-state index in [2.05, 4.69) is 5.32 Å². The minimum absolute atomic E-state index is 0.0879. The molecular formula is C27H25Cl2N3O3. The van der Waals surface area contributed by atoms with Crippen LogP contribution in [0.4, 0.5) is 5.69 Å². The molecular weight excluding hydrogens is 485 g/mol. The smallest absolute Gasteiger partial charge is 0.254 e. The zero-order valence-corrected chi connectivity index (χ0v) is 21.2. The van der Waals surface area contributed by atoms with Gasteiger partial charge in [-0.3, -0.25) is 14.5 Å². The van der Waals surface area contributed by atoms with Crippen molar-refractivity contribution in [3.05, 3.63) is 93.0 Å². The summed E-state index contributed by atoms with van der Waals surface area (Å²) in [7, 11) is 5.04. The number of para-hydroxylation sites is 1. The molecule has 0 fully saturated rings. The molecule has 2 atom stereocenters. The SMILES string of the molecule is COc1ccccc1C1(N2Cc3ccccc3C[C@H]2C(=O)N(C)C)C(=O)Nc2cc(Cl)c(Cl)cc21. The predicted molar refractivity (Wildman–Crippen MR) is 137 cm³/mol. The zero-order valence-electron chi connectivity index (χ0n) is 19.6. The average Bonchev–Trinajstić information content (AvgIpc) is 3.13. The van der Waals surface area contributed by atoms with Crippen molar-refractivity contribution in [2.24, 2.45) is 0 Å². The Kier molecular flexibility index (Phi) is 5.99. The first kappa shape index (κ1) is 23.7. The van der Waals surface area contributed by atoms with E-state index in [0.29, 0.717) is 45.6 Å². The lowest BCUT2D eigenvalue weighted by atomic mass is 9.77. The van der Waals surface area contributed by atoms with Crippen molar-refractivity contribution in [2.45, 2.75) is 24.5 Å². The summed E-state index contributed by atoms with van der Waals surface area (Å²) in [5.74, 6) is 0.165. The van der Waals surface area contributed by atoms with Gasteiger partial charge in [-0.2, -0.15) is 0 Å². The third-order valence-corrected chi connectivity index (χ3v) is 7.65. The molecule has 0 saturated heterocycles. The van der Waals surface area contributed by atoms with Crippen LogP contribution >= 0.6 is 23.2 Å². The standard InChI is InChI=1S/C27H25Cl2N3O3/c1-31(2)25(33)23-12-16-8-4-5-9-17(16)15-32(23)27(18-10-6-7-11-24(18)35-3)19-13-20(28)21(29)14-22(19)30-26(27)34/h4-11,13-14,23H,12,15H2,1-3H3,(H,30,34)/t23-,27?/m0/s1. The number of nitrogens with zero attached hydrogens (tertiary/aromatic N) is 2. The molecule has 0 saturated carbocycles. The number of anilines is 1. The Hall–Kier alpha value is -3.06. The van der Waals surface area contributed by atoms with Crippen LogP contribution in [-0.2, 0) is 28.1 Å². The normalized spacial score (nSPS) is 21.2. The third-order valence-electron chi connectivity index (χ3n) is 6.93. The van der Waals surface area contributed by atoms with Gasteiger partial charge in [0.2, 0.25) is 5.91 Å². The molecule has 6 nitrogen and oxygen atoms in total.